The van der Waals surface area contributed by atoms with Crippen molar-refractivity contribution in [2.45, 2.75) is 6.42 Å². The minimum absolute atomic E-state index is 0.105. The maximum Gasteiger partial charge on any atom is 0.255 e. The number of nitrogens with zero attached hydrogens (tertiary/aromatic N) is 1. The largest absolute Gasteiger partial charge is 0.378 e. The quantitative estimate of drug-likeness (QED) is 0.887. The van der Waals surface area contributed by atoms with Crippen molar-refractivity contribution >= 4 is 23.2 Å². The van der Waals surface area contributed by atoms with Crippen LogP contribution in [0, 0.1) is 5.82 Å². The number of carbonyl (C=O) groups is 1. The first-order valence-electron chi connectivity index (χ1n) is 8.29. The number of benzene rings is 2. The summed E-state index contributed by atoms with van der Waals surface area (Å²) >= 11 is 5.90. The molecule has 0 aromatic heterocycles. The van der Waals surface area contributed by atoms with Crippen LogP contribution in [0.15, 0.2) is 42.5 Å². The highest BCUT2D eigenvalue weighted by Crippen LogP contribution is 2.19. The molecule has 0 unspecified atom stereocenters. The van der Waals surface area contributed by atoms with Gasteiger partial charge in [0, 0.05) is 25.3 Å². The minimum Gasteiger partial charge on any atom is -0.378 e. The minimum atomic E-state index is -0.611. The van der Waals surface area contributed by atoms with Crippen molar-refractivity contribution in [1.29, 1.82) is 0 Å². The van der Waals surface area contributed by atoms with Gasteiger partial charge in [-0.3, -0.25) is 4.79 Å². The molecule has 1 N–H and O–H groups in total. The van der Waals surface area contributed by atoms with E-state index in [0.29, 0.717) is 13.0 Å². The Morgan fingerprint density at radius 1 is 1.16 bits per heavy atom. The second-order valence-electron chi connectivity index (χ2n) is 5.87. The molecule has 6 heteroatoms. The van der Waals surface area contributed by atoms with E-state index < -0.39 is 11.7 Å². The van der Waals surface area contributed by atoms with Crippen LogP contribution in [-0.4, -0.2) is 38.8 Å². The van der Waals surface area contributed by atoms with Crippen molar-refractivity contribution < 1.29 is 13.9 Å². The predicted molar refractivity (Wildman–Crippen MR) is 96.9 cm³/mol. The van der Waals surface area contributed by atoms with Crippen LogP contribution in [0.25, 0.3) is 0 Å². The summed E-state index contributed by atoms with van der Waals surface area (Å²) in [5, 5.41) is 2.83. The molecule has 3 rings (SSSR count). The Kier molecular flexibility index (Phi) is 5.89. The van der Waals surface area contributed by atoms with Crippen LogP contribution in [-0.2, 0) is 11.2 Å². The summed E-state index contributed by atoms with van der Waals surface area (Å²) in [5.41, 5.74) is 2.18. The molecule has 1 aliphatic heterocycles. The average molecular weight is 363 g/mol. The molecule has 2 aromatic carbocycles. The molecule has 0 aliphatic carbocycles. The molecule has 0 spiro atoms. The van der Waals surface area contributed by atoms with E-state index in [0.717, 1.165) is 31.9 Å². The molecular formula is C19H20ClFN2O2. The Morgan fingerprint density at radius 2 is 1.88 bits per heavy atom. The van der Waals surface area contributed by atoms with E-state index in [-0.39, 0.29) is 10.6 Å². The summed E-state index contributed by atoms with van der Waals surface area (Å²) in [6, 6.07) is 12.5. The van der Waals surface area contributed by atoms with Crippen LogP contribution in [0.5, 0.6) is 0 Å². The molecule has 1 fully saturated rings. The van der Waals surface area contributed by atoms with E-state index in [1.54, 1.807) is 0 Å². The fourth-order valence-corrected chi connectivity index (χ4v) is 3.07. The lowest BCUT2D eigenvalue weighted by atomic mass is 10.1. The lowest BCUT2D eigenvalue weighted by Gasteiger charge is -2.28. The first-order chi connectivity index (χ1) is 12.1. The lowest BCUT2D eigenvalue weighted by Crippen LogP contribution is -2.36. The zero-order valence-corrected chi connectivity index (χ0v) is 14.6. The molecule has 1 aliphatic rings. The molecular weight excluding hydrogens is 343 g/mol. The molecule has 0 saturated carbocycles. The molecule has 1 amide bonds. The van der Waals surface area contributed by atoms with Gasteiger partial charge in [0.2, 0.25) is 0 Å². The third-order valence-electron chi connectivity index (χ3n) is 4.20. The van der Waals surface area contributed by atoms with Crippen LogP contribution in [0.1, 0.15) is 15.9 Å². The fraction of sp³-hybridized carbons (Fsp3) is 0.316. The summed E-state index contributed by atoms with van der Waals surface area (Å²) in [6.45, 7) is 3.73. The third kappa shape index (κ3) is 4.50. The van der Waals surface area contributed by atoms with Gasteiger partial charge in [-0.2, -0.15) is 0 Å². The Balaban J connectivity index is 1.52. The number of halogens is 2. The number of nitrogens with one attached hydrogen (secondary N) is 1. The standard InChI is InChI=1S/C19H20ClFN2O2/c20-16-2-1-3-17(21)18(16)19(24)22-9-8-14-4-6-15(7-5-14)23-10-12-25-13-11-23/h1-7H,8-13H2,(H,22,24). The highest BCUT2D eigenvalue weighted by atomic mass is 35.5. The van der Waals surface area contributed by atoms with Gasteiger partial charge in [-0.15, -0.1) is 0 Å². The summed E-state index contributed by atoms with van der Waals surface area (Å²) < 4.78 is 19.1. The van der Waals surface area contributed by atoms with Crippen LogP contribution in [0.3, 0.4) is 0 Å². The van der Waals surface area contributed by atoms with Crippen molar-refractivity contribution in [3.63, 3.8) is 0 Å². The normalized spacial score (nSPS) is 14.4. The summed E-state index contributed by atoms with van der Waals surface area (Å²) in [4.78, 5) is 14.4. The summed E-state index contributed by atoms with van der Waals surface area (Å²) in [7, 11) is 0. The van der Waals surface area contributed by atoms with Gasteiger partial charge >= 0.3 is 0 Å². The molecule has 25 heavy (non-hydrogen) atoms. The zero-order chi connectivity index (χ0) is 17.6. The highest BCUT2D eigenvalue weighted by Gasteiger charge is 2.15. The van der Waals surface area contributed by atoms with Gasteiger partial charge in [-0.25, -0.2) is 4.39 Å². The number of amides is 1. The molecule has 0 radical (unpaired) electrons. The van der Waals surface area contributed by atoms with E-state index >= 15 is 0 Å². The van der Waals surface area contributed by atoms with E-state index in [4.69, 9.17) is 16.3 Å². The Labute approximate surface area is 151 Å². The molecule has 0 bridgehead atoms. The molecule has 2 aromatic rings. The van der Waals surface area contributed by atoms with Crippen molar-refractivity contribution in [2.24, 2.45) is 0 Å². The van der Waals surface area contributed by atoms with Crippen LogP contribution in [0.4, 0.5) is 10.1 Å². The topological polar surface area (TPSA) is 41.6 Å². The molecule has 1 heterocycles. The van der Waals surface area contributed by atoms with Crippen molar-refractivity contribution in [3.05, 3.63) is 64.4 Å². The highest BCUT2D eigenvalue weighted by molar-refractivity contribution is 6.33. The van der Waals surface area contributed by atoms with E-state index in [9.17, 15) is 9.18 Å². The van der Waals surface area contributed by atoms with E-state index in [1.807, 2.05) is 12.1 Å². The second-order valence-corrected chi connectivity index (χ2v) is 6.28. The average Bonchev–Trinajstić information content (AvgIpc) is 2.63. The number of hydrogen-bond donors (Lipinski definition) is 1. The number of ether oxygens (including phenoxy) is 1. The van der Waals surface area contributed by atoms with Gasteiger partial charge in [0.15, 0.2) is 0 Å². The van der Waals surface area contributed by atoms with Crippen LogP contribution in [0.2, 0.25) is 5.02 Å². The van der Waals surface area contributed by atoms with Gasteiger partial charge < -0.3 is 15.0 Å². The first-order valence-corrected chi connectivity index (χ1v) is 8.67. The molecule has 1 saturated heterocycles. The second kappa shape index (κ2) is 8.32. The first kappa shape index (κ1) is 17.7. The monoisotopic (exact) mass is 362 g/mol. The lowest BCUT2D eigenvalue weighted by molar-refractivity contribution is 0.0950. The fourth-order valence-electron chi connectivity index (χ4n) is 2.82. The van der Waals surface area contributed by atoms with Gasteiger partial charge in [0.05, 0.1) is 23.8 Å². The van der Waals surface area contributed by atoms with Crippen LogP contribution >= 0.6 is 11.6 Å². The number of anilines is 1. The molecule has 0 atom stereocenters. The SMILES string of the molecule is O=C(NCCc1ccc(N2CCOCC2)cc1)c1c(F)cccc1Cl. The Morgan fingerprint density at radius 3 is 2.56 bits per heavy atom. The summed E-state index contributed by atoms with van der Waals surface area (Å²) in [6.07, 6.45) is 0.668. The van der Waals surface area contributed by atoms with Crippen molar-refractivity contribution in [2.75, 3.05) is 37.7 Å². The van der Waals surface area contributed by atoms with E-state index in [2.05, 4.69) is 22.3 Å². The Hall–Kier alpha value is -2.11. The van der Waals surface area contributed by atoms with Crippen LogP contribution < -0.4 is 10.2 Å². The van der Waals surface area contributed by atoms with Crippen molar-refractivity contribution in [3.8, 4) is 0 Å². The van der Waals surface area contributed by atoms with Gasteiger partial charge in [-0.1, -0.05) is 29.8 Å². The number of hydrogen-bond acceptors (Lipinski definition) is 3. The van der Waals surface area contributed by atoms with Crippen molar-refractivity contribution in [1.82, 2.24) is 5.32 Å². The maximum absolute atomic E-state index is 13.7. The smallest absolute Gasteiger partial charge is 0.255 e. The number of rotatable bonds is 5. The van der Waals surface area contributed by atoms with Gasteiger partial charge in [0.25, 0.3) is 5.91 Å². The summed E-state index contributed by atoms with van der Waals surface area (Å²) in [5.74, 6) is -1.10. The Bertz CT molecular complexity index is 710. The van der Waals surface area contributed by atoms with Gasteiger partial charge in [0.1, 0.15) is 5.82 Å². The van der Waals surface area contributed by atoms with E-state index in [1.165, 1.54) is 23.9 Å². The maximum atomic E-state index is 13.7. The molecule has 132 valence electrons. The number of morpholine rings is 1. The third-order valence-corrected chi connectivity index (χ3v) is 4.52. The zero-order valence-electron chi connectivity index (χ0n) is 13.8. The predicted octanol–water partition coefficient (Wildman–Crippen LogP) is 3.29. The molecule has 4 nitrogen and oxygen atoms in total. The van der Waals surface area contributed by atoms with Gasteiger partial charge in [-0.05, 0) is 36.2 Å². The number of carbonyl (C=O) groups excluding carboxylic acids is 1.